The smallest absolute Gasteiger partial charge is 0.271 e. The van der Waals surface area contributed by atoms with E-state index in [1.807, 2.05) is 0 Å². The van der Waals surface area contributed by atoms with E-state index in [4.69, 9.17) is 10.5 Å². The summed E-state index contributed by atoms with van der Waals surface area (Å²) in [6.45, 7) is -0.371. The lowest BCUT2D eigenvalue weighted by Crippen LogP contribution is -2.51. The number of nitrogens with two attached hydrogens (primary N) is 1. The number of primary amides is 1. The molecular formula is C22H20N4O7. The number of nitrogens with zero attached hydrogens (tertiary/aromatic N) is 3. The number of hydrogen-bond acceptors (Lipinski definition) is 7. The number of rotatable bonds is 6. The van der Waals surface area contributed by atoms with Crippen molar-refractivity contribution in [3.05, 3.63) is 70.3 Å². The monoisotopic (exact) mass is 452 g/mol. The molecule has 0 spiro atoms. The Balaban J connectivity index is 1.85. The van der Waals surface area contributed by atoms with Gasteiger partial charge in [0.15, 0.2) is 0 Å². The summed E-state index contributed by atoms with van der Waals surface area (Å²) in [5, 5.41) is 11.2. The Bertz CT molecular complexity index is 1150. The van der Waals surface area contributed by atoms with Crippen molar-refractivity contribution in [2.24, 2.45) is 17.6 Å². The maximum absolute atomic E-state index is 13.6. The average molecular weight is 452 g/mol. The fourth-order valence-electron chi connectivity index (χ4n) is 4.74. The van der Waals surface area contributed by atoms with Gasteiger partial charge in [-0.25, -0.2) is 4.90 Å². The van der Waals surface area contributed by atoms with Gasteiger partial charge in [0.25, 0.3) is 5.69 Å². The number of anilines is 1. The Labute approximate surface area is 187 Å². The van der Waals surface area contributed by atoms with Crippen LogP contribution in [-0.4, -0.2) is 53.2 Å². The summed E-state index contributed by atoms with van der Waals surface area (Å²) >= 11 is 0. The van der Waals surface area contributed by atoms with Crippen molar-refractivity contribution in [1.29, 1.82) is 0 Å². The summed E-state index contributed by atoms with van der Waals surface area (Å²) in [5.41, 5.74) is 5.89. The van der Waals surface area contributed by atoms with Gasteiger partial charge in [-0.15, -0.1) is 0 Å². The van der Waals surface area contributed by atoms with Gasteiger partial charge in [0.1, 0.15) is 12.6 Å². The molecule has 0 radical (unpaired) electrons. The Kier molecular flexibility index (Phi) is 5.64. The van der Waals surface area contributed by atoms with Crippen molar-refractivity contribution in [1.82, 2.24) is 4.90 Å². The Morgan fingerprint density at radius 3 is 2.33 bits per heavy atom. The van der Waals surface area contributed by atoms with E-state index in [1.165, 1.54) is 25.3 Å². The molecule has 4 rings (SSSR count). The van der Waals surface area contributed by atoms with Crippen LogP contribution in [0.2, 0.25) is 0 Å². The molecule has 2 aromatic carbocycles. The quantitative estimate of drug-likeness (QED) is 0.386. The molecule has 4 atom stereocenters. The Morgan fingerprint density at radius 2 is 1.73 bits per heavy atom. The second kappa shape index (κ2) is 8.43. The number of methoxy groups -OCH3 is 1. The predicted molar refractivity (Wildman–Crippen MR) is 113 cm³/mol. The van der Waals surface area contributed by atoms with Crippen molar-refractivity contribution in [3.8, 4) is 0 Å². The van der Waals surface area contributed by atoms with Crippen molar-refractivity contribution >= 4 is 35.0 Å². The van der Waals surface area contributed by atoms with Gasteiger partial charge < -0.3 is 15.4 Å². The van der Waals surface area contributed by atoms with Crippen LogP contribution in [0.1, 0.15) is 11.6 Å². The first kappa shape index (κ1) is 22.1. The predicted octanol–water partition coefficient (Wildman–Crippen LogP) is 0.784. The van der Waals surface area contributed by atoms with Crippen molar-refractivity contribution in [3.63, 3.8) is 0 Å². The van der Waals surface area contributed by atoms with Gasteiger partial charge in [-0.3, -0.25) is 29.3 Å². The van der Waals surface area contributed by atoms with Crippen LogP contribution < -0.4 is 10.6 Å². The van der Waals surface area contributed by atoms with Gasteiger partial charge in [0.2, 0.25) is 23.6 Å². The molecule has 2 aromatic rings. The molecule has 2 aliphatic heterocycles. The zero-order valence-electron chi connectivity index (χ0n) is 17.5. The molecule has 0 saturated carbocycles. The molecule has 0 bridgehead atoms. The molecule has 0 aromatic heterocycles. The highest BCUT2D eigenvalue weighted by Gasteiger charge is 2.65. The fraction of sp³-hybridized carbons (Fsp3) is 0.273. The first-order valence-corrected chi connectivity index (χ1v) is 10.0. The van der Waals surface area contributed by atoms with Crippen LogP contribution in [0.4, 0.5) is 11.4 Å². The molecule has 170 valence electrons. The number of nitro groups is 1. The molecular weight excluding hydrogens is 432 g/mol. The van der Waals surface area contributed by atoms with Crippen LogP contribution in [0.3, 0.4) is 0 Å². The van der Waals surface area contributed by atoms with Crippen LogP contribution in [0, 0.1) is 22.0 Å². The zero-order chi connectivity index (χ0) is 23.9. The van der Waals surface area contributed by atoms with E-state index in [0.717, 1.165) is 15.9 Å². The third kappa shape index (κ3) is 3.52. The number of carbonyl (C=O) groups excluding carboxylic acids is 4. The summed E-state index contributed by atoms with van der Waals surface area (Å²) < 4.78 is 4.94. The number of hydrogen-bond donors (Lipinski definition) is 1. The van der Waals surface area contributed by atoms with Crippen LogP contribution >= 0.6 is 0 Å². The molecule has 33 heavy (non-hydrogen) atoms. The van der Waals surface area contributed by atoms with Gasteiger partial charge in [-0.1, -0.05) is 36.4 Å². The highest BCUT2D eigenvalue weighted by molar-refractivity contribution is 6.24. The molecule has 0 aliphatic carbocycles. The normalized spacial score (nSPS) is 24.2. The Morgan fingerprint density at radius 1 is 1.06 bits per heavy atom. The topological polar surface area (TPSA) is 153 Å². The summed E-state index contributed by atoms with van der Waals surface area (Å²) in [5.74, 6) is -5.28. The molecule has 4 unspecified atom stereocenters. The molecule has 2 saturated heterocycles. The number of fused-ring (bicyclic) bond motifs is 1. The van der Waals surface area contributed by atoms with E-state index in [9.17, 15) is 29.3 Å². The first-order chi connectivity index (χ1) is 15.8. The van der Waals surface area contributed by atoms with Crippen LogP contribution in [0.5, 0.6) is 0 Å². The zero-order valence-corrected chi connectivity index (χ0v) is 17.5. The molecule has 2 heterocycles. The average Bonchev–Trinajstić information content (AvgIpc) is 3.28. The van der Waals surface area contributed by atoms with Crippen LogP contribution in [0.25, 0.3) is 0 Å². The largest absolute Gasteiger partial charge is 0.375 e. The van der Waals surface area contributed by atoms with E-state index in [-0.39, 0.29) is 18.0 Å². The number of likely N-dealkylation sites (tertiary alicyclic amines) is 1. The molecule has 4 amide bonds. The van der Waals surface area contributed by atoms with Gasteiger partial charge >= 0.3 is 0 Å². The minimum atomic E-state index is -1.39. The summed E-state index contributed by atoms with van der Waals surface area (Å²) in [7, 11) is 1.31. The van der Waals surface area contributed by atoms with E-state index in [0.29, 0.717) is 5.56 Å². The van der Waals surface area contributed by atoms with E-state index in [2.05, 4.69) is 0 Å². The van der Waals surface area contributed by atoms with Gasteiger partial charge in [-0.2, -0.15) is 0 Å². The molecule has 11 heteroatoms. The number of imide groups is 1. The summed E-state index contributed by atoms with van der Waals surface area (Å²) in [6, 6.07) is 11.3. The summed E-state index contributed by atoms with van der Waals surface area (Å²) in [4.78, 5) is 65.0. The molecule has 2 fully saturated rings. The summed E-state index contributed by atoms with van der Waals surface area (Å²) in [6.07, 6.45) is 0. The van der Waals surface area contributed by atoms with Crippen LogP contribution in [-0.2, 0) is 23.9 Å². The number of nitro benzene ring substituents is 1. The lowest BCUT2D eigenvalue weighted by molar-refractivity contribution is -0.384. The van der Waals surface area contributed by atoms with E-state index >= 15 is 0 Å². The molecule has 2 N–H and O–H groups in total. The maximum Gasteiger partial charge on any atom is 0.271 e. The molecule has 2 aliphatic rings. The third-order valence-electron chi connectivity index (χ3n) is 5.96. The first-order valence-electron chi connectivity index (χ1n) is 10.0. The Hall–Kier alpha value is -4.12. The van der Waals surface area contributed by atoms with E-state index < -0.39 is 52.5 Å². The van der Waals surface area contributed by atoms with Gasteiger partial charge in [-0.05, 0) is 11.6 Å². The number of ether oxygens (including phenoxy) is 1. The number of amides is 4. The maximum atomic E-state index is 13.6. The minimum absolute atomic E-state index is 0.0124. The van der Waals surface area contributed by atoms with Crippen molar-refractivity contribution in [2.45, 2.75) is 12.1 Å². The highest BCUT2D eigenvalue weighted by Crippen LogP contribution is 2.50. The minimum Gasteiger partial charge on any atom is -0.375 e. The second-order valence-corrected chi connectivity index (χ2v) is 7.78. The number of non-ortho nitro benzene ring substituents is 1. The third-order valence-corrected chi connectivity index (χ3v) is 5.96. The standard InChI is InChI=1S/C22H20N4O7/c1-33-11-15(27)25-18(12-6-3-2-4-7-12)16-17(19(25)20(23)28)22(30)24(21(16)29)13-8-5-9-14(10-13)26(31)32/h2-10,16-19H,11H2,1H3,(H2,23,28). The highest BCUT2D eigenvalue weighted by atomic mass is 16.6. The van der Waals surface area contributed by atoms with Gasteiger partial charge in [0, 0.05) is 19.2 Å². The van der Waals surface area contributed by atoms with Crippen molar-refractivity contribution < 1.29 is 28.8 Å². The lowest BCUT2D eigenvalue weighted by atomic mass is 9.86. The number of benzene rings is 2. The molecule has 11 nitrogen and oxygen atoms in total. The van der Waals surface area contributed by atoms with Gasteiger partial charge in [0.05, 0.1) is 28.5 Å². The lowest BCUT2D eigenvalue weighted by Gasteiger charge is -2.32. The number of carbonyl (C=O) groups is 4. The van der Waals surface area contributed by atoms with Crippen molar-refractivity contribution in [2.75, 3.05) is 18.6 Å². The van der Waals surface area contributed by atoms with Crippen LogP contribution in [0.15, 0.2) is 54.6 Å². The SMILES string of the molecule is COCC(=O)N1C(C(N)=O)C2C(=O)N(c3cccc([N+](=O)[O-])c3)C(=O)C2C1c1ccccc1. The second-order valence-electron chi connectivity index (χ2n) is 7.78. The fourth-order valence-corrected chi connectivity index (χ4v) is 4.74. The van der Waals surface area contributed by atoms with E-state index in [1.54, 1.807) is 30.3 Å².